The van der Waals surface area contributed by atoms with Gasteiger partial charge in [-0.3, -0.25) is 0 Å². The molecule has 1 heterocycles. The number of aromatic nitrogens is 2. The van der Waals surface area contributed by atoms with Crippen LogP contribution in [0.25, 0.3) is 0 Å². The first-order valence-corrected chi connectivity index (χ1v) is 4.67. The molecule has 0 saturated heterocycles. The predicted molar refractivity (Wildman–Crippen MR) is 52.8 cm³/mol. The molecule has 4 nitrogen and oxygen atoms in total. The lowest BCUT2D eigenvalue weighted by Crippen LogP contribution is -2.15. The standard InChI is InChI=1S/C8H9ClF3N3O/c1-16-7-14-4-5(9)6(15-7)13-3-2-8(10,11)12/h4H,2-3H2,1H3,(H,13,14,15). The van der Waals surface area contributed by atoms with Gasteiger partial charge in [0.2, 0.25) is 0 Å². The van der Waals surface area contributed by atoms with E-state index in [-0.39, 0.29) is 23.4 Å². The molecule has 0 fully saturated rings. The van der Waals surface area contributed by atoms with E-state index in [0.717, 1.165) is 0 Å². The number of nitrogens with one attached hydrogen (secondary N) is 1. The fourth-order valence-corrected chi connectivity index (χ4v) is 1.05. The number of anilines is 1. The Bertz CT molecular complexity index is 359. The van der Waals surface area contributed by atoms with Gasteiger partial charge in [0, 0.05) is 6.54 Å². The molecule has 0 radical (unpaired) electrons. The number of hydrogen-bond donors (Lipinski definition) is 1. The fourth-order valence-electron chi connectivity index (χ4n) is 0.896. The van der Waals surface area contributed by atoms with E-state index >= 15 is 0 Å². The highest BCUT2D eigenvalue weighted by Gasteiger charge is 2.26. The van der Waals surface area contributed by atoms with E-state index in [1.165, 1.54) is 13.3 Å². The minimum absolute atomic E-state index is 0.0407. The van der Waals surface area contributed by atoms with E-state index in [2.05, 4.69) is 15.3 Å². The van der Waals surface area contributed by atoms with Crippen molar-refractivity contribution in [3.8, 4) is 6.01 Å². The van der Waals surface area contributed by atoms with Crippen LogP contribution in [0.2, 0.25) is 5.02 Å². The molecule has 90 valence electrons. The summed E-state index contributed by atoms with van der Waals surface area (Å²) in [5.41, 5.74) is 0. The number of alkyl halides is 3. The molecule has 0 aliphatic heterocycles. The predicted octanol–water partition coefficient (Wildman–Crippen LogP) is 2.50. The minimum Gasteiger partial charge on any atom is -0.467 e. The highest BCUT2D eigenvalue weighted by Crippen LogP contribution is 2.22. The van der Waals surface area contributed by atoms with E-state index in [0.29, 0.717) is 0 Å². The zero-order valence-electron chi connectivity index (χ0n) is 8.31. The third-order valence-corrected chi connectivity index (χ3v) is 1.88. The Morgan fingerprint density at radius 3 is 2.75 bits per heavy atom. The first-order chi connectivity index (χ1) is 7.42. The highest BCUT2D eigenvalue weighted by molar-refractivity contribution is 6.32. The largest absolute Gasteiger partial charge is 0.467 e. The van der Waals surface area contributed by atoms with Gasteiger partial charge in [0.15, 0.2) is 5.82 Å². The average molecular weight is 256 g/mol. The second kappa shape index (κ2) is 5.20. The Morgan fingerprint density at radius 2 is 2.19 bits per heavy atom. The Kier molecular flexibility index (Phi) is 4.17. The summed E-state index contributed by atoms with van der Waals surface area (Å²) >= 11 is 5.68. The lowest BCUT2D eigenvalue weighted by atomic mass is 10.4. The molecule has 0 aromatic carbocycles. The molecule has 8 heteroatoms. The summed E-state index contributed by atoms with van der Waals surface area (Å²) in [6.45, 7) is -0.302. The van der Waals surface area contributed by atoms with Crippen LogP contribution < -0.4 is 10.1 Å². The van der Waals surface area contributed by atoms with Crippen molar-refractivity contribution >= 4 is 17.4 Å². The molecule has 0 aliphatic rings. The van der Waals surface area contributed by atoms with Gasteiger partial charge in [0.25, 0.3) is 0 Å². The van der Waals surface area contributed by atoms with Crippen LogP contribution in [-0.2, 0) is 0 Å². The molecule has 1 aromatic heterocycles. The molecular weight excluding hydrogens is 247 g/mol. The molecule has 1 N–H and O–H groups in total. The van der Waals surface area contributed by atoms with Gasteiger partial charge in [-0.15, -0.1) is 0 Å². The Labute approximate surface area is 94.8 Å². The van der Waals surface area contributed by atoms with Crippen molar-refractivity contribution < 1.29 is 17.9 Å². The fraction of sp³-hybridized carbons (Fsp3) is 0.500. The molecule has 1 rings (SSSR count). The number of ether oxygens (including phenoxy) is 1. The number of methoxy groups -OCH3 is 1. The molecular formula is C8H9ClF3N3O. The van der Waals surface area contributed by atoms with Crippen molar-refractivity contribution in [1.29, 1.82) is 0 Å². The third kappa shape index (κ3) is 4.09. The summed E-state index contributed by atoms with van der Waals surface area (Å²) in [7, 11) is 1.35. The topological polar surface area (TPSA) is 47.0 Å². The van der Waals surface area contributed by atoms with E-state index in [9.17, 15) is 13.2 Å². The molecule has 1 aromatic rings. The Morgan fingerprint density at radius 1 is 1.50 bits per heavy atom. The van der Waals surface area contributed by atoms with Gasteiger partial charge in [-0.2, -0.15) is 18.2 Å². The van der Waals surface area contributed by atoms with Crippen LogP contribution in [0.5, 0.6) is 6.01 Å². The van der Waals surface area contributed by atoms with E-state index in [1.807, 2.05) is 0 Å². The van der Waals surface area contributed by atoms with Crippen LogP contribution in [0.15, 0.2) is 6.20 Å². The van der Waals surface area contributed by atoms with Gasteiger partial charge in [-0.05, 0) is 0 Å². The second-order valence-corrected chi connectivity index (χ2v) is 3.25. The molecule has 0 unspecified atom stereocenters. The van der Waals surface area contributed by atoms with Crippen LogP contribution in [0.4, 0.5) is 19.0 Å². The van der Waals surface area contributed by atoms with Gasteiger partial charge >= 0.3 is 12.2 Å². The van der Waals surface area contributed by atoms with Crippen LogP contribution in [0.1, 0.15) is 6.42 Å². The van der Waals surface area contributed by atoms with Crippen molar-refractivity contribution in [2.45, 2.75) is 12.6 Å². The zero-order valence-corrected chi connectivity index (χ0v) is 9.06. The molecule has 0 spiro atoms. The maximum absolute atomic E-state index is 11.9. The summed E-state index contributed by atoms with van der Waals surface area (Å²) in [5.74, 6) is 0.123. The average Bonchev–Trinajstić information content (AvgIpc) is 2.19. The summed E-state index contributed by atoms with van der Waals surface area (Å²) in [4.78, 5) is 7.45. The van der Waals surface area contributed by atoms with Gasteiger partial charge in [0.1, 0.15) is 5.02 Å². The van der Waals surface area contributed by atoms with Crippen LogP contribution in [0.3, 0.4) is 0 Å². The smallest absolute Gasteiger partial charge is 0.390 e. The van der Waals surface area contributed by atoms with E-state index < -0.39 is 12.6 Å². The van der Waals surface area contributed by atoms with Gasteiger partial charge in [-0.25, -0.2) is 4.98 Å². The van der Waals surface area contributed by atoms with Gasteiger partial charge in [-0.1, -0.05) is 11.6 Å². The summed E-state index contributed by atoms with van der Waals surface area (Å²) in [6.07, 6.45) is -3.92. The number of rotatable bonds is 4. The normalized spacial score (nSPS) is 11.3. The molecule has 16 heavy (non-hydrogen) atoms. The maximum Gasteiger partial charge on any atom is 0.390 e. The monoisotopic (exact) mass is 255 g/mol. The lowest BCUT2D eigenvalue weighted by molar-refractivity contribution is -0.131. The summed E-state index contributed by atoms with van der Waals surface area (Å²) < 4.78 is 40.3. The van der Waals surface area contributed by atoms with Crippen molar-refractivity contribution in [1.82, 2.24) is 9.97 Å². The zero-order chi connectivity index (χ0) is 12.2. The molecule has 0 saturated carbocycles. The van der Waals surface area contributed by atoms with Crippen LogP contribution in [0, 0.1) is 0 Å². The number of nitrogens with zero attached hydrogens (tertiary/aromatic N) is 2. The molecule has 0 atom stereocenters. The highest BCUT2D eigenvalue weighted by atomic mass is 35.5. The summed E-state index contributed by atoms with van der Waals surface area (Å²) in [6, 6.07) is 0.0407. The van der Waals surface area contributed by atoms with Gasteiger partial charge < -0.3 is 10.1 Å². The van der Waals surface area contributed by atoms with E-state index in [4.69, 9.17) is 16.3 Å². The first-order valence-electron chi connectivity index (χ1n) is 4.29. The van der Waals surface area contributed by atoms with Crippen molar-refractivity contribution in [2.24, 2.45) is 0 Å². The number of hydrogen-bond acceptors (Lipinski definition) is 4. The van der Waals surface area contributed by atoms with Crippen molar-refractivity contribution in [2.75, 3.05) is 19.0 Å². The maximum atomic E-state index is 11.9. The molecule has 0 aliphatic carbocycles. The second-order valence-electron chi connectivity index (χ2n) is 2.85. The molecule has 0 bridgehead atoms. The van der Waals surface area contributed by atoms with Crippen molar-refractivity contribution in [3.63, 3.8) is 0 Å². The van der Waals surface area contributed by atoms with Crippen molar-refractivity contribution in [3.05, 3.63) is 11.2 Å². The van der Waals surface area contributed by atoms with Crippen LogP contribution in [-0.4, -0.2) is 29.8 Å². The third-order valence-electron chi connectivity index (χ3n) is 1.61. The SMILES string of the molecule is COc1ncc(Cl)c(NCCC(F)(F)F)n1. The van der Waals surface area contributed by atoms with E-state index in [1.54, 1.807) is 0 Å². The Hall–Kier alpha value is -1.24. The minimum atomic E-state index is -4.21. The molecule has 0 amide bonds. The lowest BCUT2D eigenvalue weighted by Gasteiger charge is -2.09. The summed E-state index contributed by atoms with van der Waals surface area (Å²) in [5, 5.41) is 2.60. The van der Waals surface area contributed by atoms with Gasteiger partial charge in [0.05, 0.1) is 19.7 Å². The quantitative estimate of drug-likeness (QED) is 0.898. The first kappa shape index (κ1) is 12.8. The number of halogens is 4. The Balaban J connectivity index is 2.59. The van der Waals surface area contributed by atoms with Crippen LogP contribution >= 0.6 is 11.6 Å².